The SMILES string of the molecule is CCOC(=O)C1CCN(C(=O)CCNS(=O)(=O)c2ccc(OC)cc2C(CC2CCCCC2)C(=O)NO)CC1. The van der Waals surface area contributed by atoms with E-state index in [0.29, 0.717) is 44.7 Å². The molecule has 1 aromatic rings. The first kappa shape index (κ1) is 30.8. The standard InChI is InChI=1S/C27H41N3O8S/c1-3-38-27(33)20-12-15-30(16-13-20)25(31)11-14-28-39(35,36)24-10-9-21(37-2)18-22(24)23(26(32)29-34)17-19-7-5-4-6-8-19/h9-10,18-20,23,28,34H,3-8,11-17H2,1-2H3,(H,29,32). The Bertz CT molecular complexity index is 1100. The van der Waals surface area contributed by atoms with Crippen LogP contribution in [0.15, 0.2) is 23.1 Å². The summed E-state index contributed by atoms with van der Waals surface area (Å²) in [6.07, 6.45) is 6.52. The maximum Gasteiger partial charge on any atom is 0.309 e. The number of hydroxylamine groups is 1. The molecule has 1 heterocycles. The summed E-state index contributed by atoms with van der Waals surface area (Å²) in [6, 6.07) is 4.42. The Morgan fingerprint density at radius 3 is 2.41 bits per heavy atom. The summed E-state index contributed by atoms with van der Waals surface area (Å²) in [5.74, 6) is -1.60. The van der Waals surface area contributed by atoms with Crippen LogP contribution in [-0.4, -0.2) is 69.7 Å². The van der Waals surface area contributed by atoms with E-state index in [1.807, 2.05) is 0 Å². The molecule has 0 aromatic heterocycles. The largest absolute Gasteiger partial charge is 0.497 e. The first-order valence-electron chi connectivity index (χ1n) is 13.8. The Balaban J connectivity index is 1.68. The average Bonchev–Trinajstić information content (AvgIpc) is 2.95. The second-order valence-corrected chi connectivity index (χ2v) is 12.0. The molecule has 2 amide bonds. The van der Waals surface area contributed by atoms with Crippen LogP contribution in [0.1, 0.15) is 76.2 Å². The van der Waals surface area contributed by atoms with Crippen molar-refractivity contribution in [3.05, 3.63) is 23.8 Å². The van der Waals surface area contributed by atoms with Crippen molar-refractivity contribution in [1.82, 2.24) is 15.1 Å². The van der Waals surface area contributed by atoms with Gasteiger partial charge in [0.1, 0.15) is 5.75 Å². The maximum atomic E-state index is 13.4. The molecule has 0 bridgehead atoms. The molecule has 1 aliphatic carbocycles. The van der Waals surface area contributed by atoms with Gasteiger partial charge in [-0.1, -0.05) is 32.1 Å². The fourth-order valence-electron chi connectivity index (χ4n) is 5.53. The second kappa shape index (κ2) is 14.6. The van der Waals surface area contributed by atoms with Gasteiger partial charge in [0.15, 0.2) is 0 Å². The molecule has 1 atom stereocenters. The van der Waals surface area contributed by atoms with Gasteiger partial charge in [-0.3, -0.25) is 19.6 Å². The van der Waals surface area contributed by atoms with Gasteiger partial charge < -0.3 is 14.4 Å². The highest BCUT2D eigenvalue weighted by atomic mass is 32.2. The molecule has 1 saturated carbocycles. The van der Waals surface area contributed by atoms with Crippen molar-refractivity contribution in [2.24, 2.45) is 11.8 Å². The van der Waals surface area contributed by atoms with E-state index in [-0.39, 0.29) is 47.1 Å². The van der Waals surface area contributed by atoms with E-state index in [1.165, 1.54) is 25.3 Å². The fourth-order valence-corrected chi connectivity index (χ4v) is 6.82. The molecule has 1 aromatic carbocycles. The number of amides is 2. The van der Waals surface area contributed by atoms with Gasteiger partial charge in [-0.25, -0.2) is 18.6 Å². The van der Waals surface area contributed by atoms with Crippen molar-refractivity contribution in [3.8, 4) is 5.75 Å². The van der Waals surface area contributed by atoms with Gasteiger partial charge in [0.25, 0.3) is 5.91 Å². The van der Waals surface area contributed by atoms with E-state index in [0.717, 1.165) is 32.1 Å². The zero-order valence-electron chi connectivity index (χ0n) is 22.8. The highest BCUT2D eigenvalue weighted by molar-refractivity contribution is 7.89. The number of hydrogen-bond donors (Lipinski definition) is 3. The van der Waals surface area contributed by atoms with Crippen LogP contribution in [-0.2, 0) is 29.1 Å². The molecule has 1 aliphatic heterocycles. The molecule has 12 heteroatoms. The fraction of sp³-hybridized carbons (Fsp3) is 0.667. The minimum atomic E-state index is -4.10. The lowest BCUT2D eigenvalue weighted by molar-refractivity contribution is -0.151. The van der Waals surface area contributed by atoms with Crippen molar-refractivity contribution in [1.29, 1.82) is 0 Å². The number of carbonyl (C=O) groups excluding carboxylic acids is 3. The number of esters is 1. The number of carbonyl (C=O) groups is 3. The number of hydrogen-bond acceptors (Lipinski definition) is 8. The smallest absolute Gasteiger partial charge is 0.309 e. The predicted molar refractivity (Wildman–Crippen MR) is 143 cm³/mol. The van der Waals surface area contributed by atoms with E-state index in [1.54, 1.807) is 17.3 Å². The summed E-state index contributed by atoms with van der Waals surface area (Å²) < 4.78 is 39.6. The number of benzene rings is 1. The summed E-state index contributed by atoms with van der Waals surface area (Å²) in [6.45, 7) is 2.78. The number of rotatable bonds is 12. The quantitative estimate of drug-likeness (QED) is 0.198. The minimum Gasteiger partial charge on any atom is -0.497 e. The van der Waals surface area contributed by atoms with E-state index < -0.39 is 21.8 Å². The predicted octanol–water partition coefficient (Wildman–Crippen LogP) is 2.72. The Morgan fingerprint density at radius 2 is 1.79 bits per heavy atom. The molecule has 1 saturated heterocycles. The normalized spacial score (nSPS) is 17.9. The summed E-state index contributed by atoms with van der Waals surface area (Å²) in [4.78, 5) is 38.9. The molecule has 218 valence electrons. The van der Waals surface area contributed by atoms with Crippen LogP contribution >= 0.6 is 0 Å². The lowest BCUT2D eigenvalue weighted by atomic mass is 9.80. The second-order valence-electron chi connectivity index (χ2n) is 10.2. The van der Waals surface area contributed by atoms with Gasteiger partial charge in [0, 0.05) is 26.1 Å². The lowest BCUT2D eigenvalue weighted by Crippen LogP contribution is -2.41. The summed E-state index contributed by atoms with van der Waals surface area (Å²) >= 11 is 0. The zero-order valence-corrected chi connectivity index (χ0v) is 23.6. The van der Waals surface area contributed by atoms with Crippen LogP contribution in [0, 0.1) is 11.8 Å². The monoisotopic (exact) mass is 567 g/mol. The molecule has 0 radical (unpaired) electrons. The van der Waals surface area contributed by atoms with Gasteiger partial charge in [0.2, 0.25) is 15.9 Å². The Labute approximate surface area is 230 Å². The molecule has 39 heavy (non-hydrogen) atoms. The van der Waals surface area contributed by atoms with Gasteiger partial charge >= 0.3 is 5.97 Å². The van der Waals surface area contributed by atoms with E-state index in [4.69, 9.17) is 9.47 Å². The van der Waals surface area contributed by atoms with Crippen molar-refractivity contribution in [2.45, 2.75) is 75.5 Å². The molecule has 1 unspecified atom stereocenters. The van der Waals surface area contributed by atoms with Gasteiger partial charge in [0.05, 0.1) is 30.4 Å². The highest BCUT2D eigenvalue weighted by Gasteiger charge is 2.32. The molecule has 3 N–H and O–H groups in total. The van der Waals surface area contributed by atoms with Crippen molar-refractivity contribution < 1.29 is 37.5 Å². The zero-order chi connectivity index (χ0) is 28.4. The first-order valence-corrected chi connectivity index (χ1v) is 15.2. The topological polar surface area (TPSA) is 151 Å². The Hall–Kier alpha value is -2.70. The highest BCUT2D eigenvalue weighted by Crippen LogP contribution is 2.37. The van der Waals surface area contributed by atoms with Crippen LogP contribution in [0.2, 0.25) is 0 Å². The van der Waals surface area contributed by atoms with E-state index in [2.05, 4.69) is 4.72 Å². The Morgan fingerprint density at radius 1 is 1.10 bits per heavy atom. The number of nitrogens with one attached hydrogen (secondary N) is 2. The average molecular weight is 568 g/mol. The van der Waals surface area contributed by atoms with Crippen molar-refractivity contribution in [2.75, 3.05) is 33.4 Å². The van der Waals surface area contributed by atoms with Gasteiger partial charge in [-0.2, -0.15) is 0 Å². The minimum absolute atomic E-state index is 0.0442. The number of sulfonamides is 1. The van der Waals surface area contributed by atoms with Crippen LogP contribution in [0.5, 0.6) is 5.75 Å². The third-order valence-corrected chi connectivity index (χ3v) is 9.24. The van der Waals surface area contributed by atoms with E-state index in [9.17, 15) is 28.0 Å². The van der Waals surface area contributed by atoms with Crippen molar-refractivity contribution in [3.63, 3.8) is 0 Å². The first-order chi connectivity index (χ1) is 18.7. The molecule has 2 fully saturated rings. The van der Waals surface area contributed by atoms with E-state index >= 15 is 0 Å². The molecule has 3 rings (SSSR count). The van der Waals surface area contributed by atoms with Crippen LogP contribution < -0.4 is 14.9 Å². The van der Waals surface area contributed by atoms with Gasteiger partial charge in [-0.15, -0.1) is 0 Å². The summed E-state index contributed by atoms with van der Waals surface area (Å²) in [5.41, 5.74) is 1.95. The molecule has 2 aliphatic rings. The number of ether oxygens (including phenoxy) is 2. The molecular weight excluding hydrogens is 526 g/mol. The molecular formula is C27H41N3O8S. The lowest BCUT2D eigenvalue weighted by Gasteiger charge is -2.31. The maximum absolute atomic E-state index is 13.4. The third kappa shape index (κ3) is 8.39. The third-order valence-electron chi connectivity index (χ3n) is 7.70. The summed E-state index contributed by atoms with van der Waals surface area (Å²) in [7, 11) is -2.64. The number of methoxy groups -OCH3 is 1. The number of likely N-dealkylation sites (tertiary alicyclic amines) is 1. The van der Waals surface area contributed by atoms with Crippen LogP contribution in [0.3, 0.4) is 0 Å². The van der Waals surface area contributed by atoms with Gasteiger partial charge in [-0.05, 0) is 55.9 Å². The van der Waals surface area contributed by atoms with Crippen LogP contribution in [0.25, 0.3) is 0 Å². The van der Waals surface area contributed by atoms with Crippen LogP contribution in [0.4, 0.5) is 0 Å². The number of nitrogens with zero attached hydrogens (tertiary/aromatic N) is 1. The summed E-state index contributed by atoms with van der Waals surface area (Å²) in [5, 5.41) is 9.45. The van der Waals surface area contributed by atoms with Crippen molar-refractivity contribution >= 4 is 27.8 Å². The molecule has 0 spiro atoms. The number of piperidine rings is 1. The Kier molecular flexibility index (Phi) is 11.6. The molecule has 11 nitrogen and oxygen atoms in total.